The maximum atomic E-state index is 12.8. The van der Waals surface area contributed by atoms with E-state index < -0.39 is 6.43 Å². The molecule has 0 aliphatic heterocycles. The van der Waals surface area contributed by atoms with Crippen molar-refractivity contribution in [3.8, 4) is 11.1 Å². The van der Waals surface area contributed by atoms with Crippen LogP contribution in [0.25, 0.3) is 11.1 Å². The molecular weight excluding hydrogens is 386 g/mol. The zero-order chi connectivity index (χ0) is 19.6. The van der Waals surface area contributed by atoms with Crippen molar-refractivity contribution in [3.63, 3.8) is 0 Å². The Balaban J connectivity index is 0.00000280. The molecule has 0 bridgehead atoms. The number of halogens is 3. The second-order valence-electron chi connectivity index (χ2n) is 7.23. The zero-order valence-electron chi connectivity index (χ0n) is 15.9. The minimum atomic E-state index is -2.64. The van der Waals surface area contributed by atoms with Crippen LogP contribution in [0, 0.1) is 6.92 Å². The molecule has 9 heteroatoms. The van der Waals surface area contributed by atoms with Crippen molar-refractivity contribution in [2.45, 2.75) is 39.3 Å². The summed E-state index contributed by atoms with van der Waals surface area (Å²) in [5.74, 6) is 0.130. The van der Waals surface area contributed by atoms with Crippen LogP contribution in [0.2, 0.25) is 0 Å². The minimum absolute atomic E-state index is 0. The third-order valence-electron chi connectivity index (χ3n) is 3.77. The third kappa shape index (κ3) is 5.71. The summed E-state index contributed by atoms with van der Waals surface area (Å²) >= 11 is 0. The molecule has 0 aliphatic rings. The lowest BCUT2D eigenvalue weighted by Crippen LogP contribution is -2.37. The van der Waals surface area contributed by atoms with Gasteiger partial charge in [0, 0.05) is 29.2 Å². The van der Waals surface area contributed by atoms with Gasteiger partial charge in [-0.15, -0.1) is 12.4 Å². The second-order valence-corrected chi connectivity index (χ2v) is 7.23. The predicted octanol–water partition coefficient (Wildman–Crippen LogP) is 4.49. The number of nitrogens with one attached hydrogen (secondary N) is 1. The van der Waals surface area contributed by atoms with Gasteiger partial charge >= 0.3 is 0 Å². The number of benzene rings is 1. The van der Waals surface area contributed by atoms with Gasteiger partial charge in [0.2, 0.25) is 5.95 Å². The van der Waals surface area contributed by atoms with E-state index in [0.29, 0.717) is 12.2 Å². The summed E-state index contributed by atoms with van der Waals surface area (Å²) < 4.78 is 27.4. The summed E-state index contributed by atoms with van der Waals surface area (Å²) in [6.07, 6.45) is 2.38. The van der Waals surface area contributed by atoms with Crippen molar-refractivity contribution in [3.05, 3.63) is 54.1 Å². The summed E-state index contributed by atoms with van der Waals surface area (Å²) in [4.78, 5) is 7.85. The van der Waals surface area contributed by atoms with Crippen LogP contribution in [0.15, 0.2) is 42.9 Å². The van der Waals surface area contributed by atoms with Crippen LogP contribution in [0.4, 0.5) is 20.4 Å². The van der Waals surface area contributed by atoms with Gasteiger partial charge in [0.1, 0.15) is 5.69 Å². The lowest BCUT2D eigenvalue weighted by atomic mass is 10.1. The summed E-state index contributed by atoms with van der Waals surface area (Å²) in [7, 11) is 0. The van der Waals surface area contributed by atoms with E-state index in [1.54, 1.807) is 10.9 Å². The topological polar surface area (TPSA) is 81.7 Å². The molecule has 0 spiro atoms. The standard InChI is InChI=1S/C19H22F2N6.ClH/c1-12-6-13(14-9-24-27(10-14)11-19(2,3)22)8-15(7-12)25-18-23-5-4-16(26-18)17(20)21;/h4-10,17H,11,22H2,1-3H3,(H,23,25,26);1H. The number of anilines is 2. The van der Waals surface area contributed by atoms with Gasteiger partial charge in [0.25, 0.3) is 6.43 Å². The van der Waals surface area contributed by atoms with Gasteiger partial charge in [-0.1, -0.05) is 6.07 Å². The van der Waals surface area contributed by atoms with E-state index >= 15 is 0 Å². The first-order valence-electron chi connectivity index (χ1n) is 8.51. The van der Waals surface area contributed by atoms with Crippen molar-refractivity contribution < 1.29 is 8.78 Å². The number of hydrogen-bond donors (Lipinski definition) is 2. The summed E-state index contributed by atoms with van der Waals surface area (Å²) in [5, 5.41) is 7.35. The summed E-state index contributed by atoms with van der Waals surface area (Å²) in [5.41, 5.74) is 8.97. The molecule has 28 heavy (non-hydrogen) atoms. The zero-order valence-corrected chi connectivity index (χ0v) is 16.7. The molecule has 3 aromatic rings. The molecule has 3 N–H and O–H groups in total. The number of alkyl halides is 2. The van der Waals surface area contributed by atoms with Crippen LogP contribution >= 0.6 is 12.4 Å². The van der Waals surface area contributed by atoms with Gasteiger partial charge in [-0.3, -0.25) is 4.68 Å². The van der Waals surface area contributed by atoms with Crippen molar-refractivity contribution in [1.82, 2.24) is 19.7 Å². The van der Waals surface area contributed by atoms with E-state index in [1.165, 1.54) is 12.3 Å². The molecule has 0 radical (unpaired) electrons. The van der Waals surface area contributed by atoms with E-state index in [9.17, 15) is 8.78 Å². The maximum absolute atomic E-state index is 12.8. The lowest BCUT2D eigenvalue weighted by molar-refractivity contribution is 0.146. The van der Waals surface area contributed by atoms with Crippen molar-refractivity contribution in [2.75, 3.05) is 5.32 Å². The first kappa shape index (κ1) is 21.7. The summed E-state index contributed by atoms with van der Waals surface area (Å²) in [6.45, 7) is 6.43. The van der Waals surface area contributed by atoms with Gasteiger partial charge in [0.05, 0.1) is 12.7 Å². The minimum Gasteiger partial charge on any atom is -0.324 e. The molecule has 1 aromatic carbocycles. The molecule has 2 aromatic heterocycles. The first-order valence-corrected chi connectivity index (χ1v) is 8.51. The average molecular weight is 409 g/mol. The van der Waals surface area contributed by atoms with Gasteiger partial charge in [0.15, 0.2) is 0 Å². The number of hydrogen-bond acceptors (Lipinski definition) is 5. The molecule has 0 saturated heterocycles. The quantitative estimate of drug-likeness (QED) is 0.628. The normalized spacial score (nSPS) is 11.4. The van der Waals surface area contributed by atoms with Crippen LogP contribution in [-0.4, -0.2) is 25.3 Å². The maximum Gasteiger partial charge on any atom is 0.280 e. The molecular formula is C19H23ClF2N6. The van der Waals surface area contributed by atoms with Gasteiger partial charge in [-0.2, -0.15) is 5.10 Å². The molecule has 3 rings (SSSR count). The summed E-state index contributed by atoms with van der Waals surface area (Å²) in [6, 6.07) is 7.02. The second kappa shape index (κ2) is 8.62. The van der Waals surface area contributed by atoms with Crippen LogP contribution in [0.3, 0.4) is 0 Å². The smallest absolute Gasteiger partial charge is 0.280 e. The van der Waals surface area contributed by atoms with Crippen molar-refractivity contribution >= 4 is 24.0 Å². The Morgan fingerprint density at radius 2 is 1.96 bits per heavy atom. The number of aryl methyl sites for hydroxylation is 1. The largest absolute Gasteiger partial charge is 0.324 e. The fourth-order valence-electron chi connectivity index (χ4n) is 2.72. The van der Waals surface area contributed by atoms with Crippen LogP contribution < -0.4 is 11.1 Å². The third-order valence-corrected chi connectivity index (χ3v) is 3.77. The Labute approximate surface area is 168 Å². The molecule has 6 nitrogen and oxygen atoms in total. The number of nitrogens with zero attached hydrogens (tertiary/aromatic N) is 4. The average Bonchev–Trinajstić information content (AvgIpc) is 3.01. The fraction of sp³-hybridized carbons (Fsp3) is 0.316. The van der Waals surface area contributed by atoms with Crippen LogP contribution in [0.5, 0.6) is 0 Å². The molecule has 150 valence electrons. The predicted molar refractivity (Wildman–Crippen MR) is 108 cm³/mol. The molecule has 2 heterocycles. The number of aromatic nitrogens is 4. The van der Waals surface area contributed by atoms with Crippen molar-refractivity contribution in [2.24, 2.45) is 5.73 Å². The molecule has 0 unspecified atom stereocenters. The molecule has 0 saturated carbocycles. The van der Waals surface area contributed by atoms with Gasteiger partial charge in [-0.25, -0.2) is 18.7 Å². The molecule has 0 aliphatic carbocycles. The van der Waals surface area contributed by atoms with E-state index in [0.717, 1.165) is 16.7 Å². The molecule has 0 atom stereocenters. The Kier molecular flexibility index (Phi) is 6.69. The molecule has 0 amide bonds. The fourth-order valence-corrected chi connectivity index (χ4v) is 2.72. The highest BCUT2D eigenvalue weighted by Crippen LogP contribution is 2.26. The Morgan fingerprint density at radius 3 is 2.64 bits per heavy atom. The monoisotopic (exact) mass is 408 g/mol. The number of nitrogens with two attached hydrogens (primary N) is 1. The highest BCUT2D eigenvalue weighted by atomic mass is 35.5. The molecule has 0 fully saturated rings. The van der Waals surface area contributed by atoms with Crippen molar-refractivity contribution in [1.29, 1.82) is 0 Å². The van der Waals surface area contributed by atoms with E-state index in [1.807, 2.05) is 45.2 Å². The van der Waals surface area contributed by atoms with Crippen LogP contribution in [0.1, 0.15) is 31.5 Å². The first-order chi connectivity index (χ1) is 12.7. The van der Waals surface area contributed by atoms with E-state index in [-0.39, 0.29) is 29.6 Å². The Morgan fingerprint density at radius 1 is 1.21 bits per heavy atom. The van der Waals surface area contributed by atoms with E-state index in [2.05, 4.69) is 20.4 Å². The van der Waals surface area contributed by atoms with E-state index in [4.69, 9.17) is 5.73 Å². The highest BCUT2D eigenvalue weighted by molar-refractivity contribution is 5.85. The lowest BCUT2D eigenvalue weighted by Gasteiger charge is -2.17. The Hall–Kier alpha value is -2.58. The highest BCUT2D eigenvalue weighted by Gasteiger charge is 2.14. The van der Waals surface area contributed by atoms with Gasteiger partial charge in [-0.05, 0) is 50.1 Å². The van der Waals surface area contributed by atoms with Crippen LogP contribution in [-0.2, 0) is 6.54 Å². The Bertz CT molecular complexity index is 936. The number of rotatable bonds is 6. The SMILES string of the molecule is Cc1cc(Nc2nccc(C(F)F)n2)cc(-c2cnn(CC(C)(C)N)c2)c1.Cl. The van der Waals surface area contributed by atoms with Gasteiger partial charge < -0.3 is 11.1 Å².